The van der Waals surface area contributed by atoms with Crippen LogP contribution in [0.15, 0.2) is 30.3 Å². The summed E-state index contributed by atoms with van der Waals surface area (Å²) in [7, 11) is 0. The molecule has 1 heterocycles. The molecule has 1 aliphatic rings. The monoisotopic (exact) mass is 235 g/mol. The fourth-order valence-electron chi connectivity index (χ4n) is 2.10. The van der Waals surface area contributed by atoms with E-state index in [1.807, 2.05) is 30.3 Å². The quantitative estimate of drug-likeness (QED) is 0.872. The van der Waals surface area contributed by atoms with Gasteiger partial charge in [0.1, 0.15) is 5.75 Å². The summed E-state index contributed by atoms with van der Waals surface area (Å²) >= 11 is 0. The van der Waals surface area contributed by atoms with Gasteiger partial charge in [-0.05, 0) is 30.9 Å². The van der Waals surface area contributed by atoms with Crippen molar-refractivity contribution in [2.45, 2.75) is 12.8 Å². The van der Waals surface area contributed by atoms with Crippen LogP contribution in [-0.4, -0.2) is 35.8 Å². The lowest BCUT2D eigenvalue weighted by Gasteiger charge is -2.12. The predicted octanol–water partition coefficient (Wildman–Crippen LogP) is 2.46. The smallest absolute Gasteiger partial charge is 0.407 e. The van der Waals surface area contributed by atoms with Gasteiger partial charge in [-0.15, -0.1) is 0 Å². The number of benzene rings is 1. The number of hydrogen-bond donors (Lipinski definition) is 1. The Morgan fingerprint density at radius 2 is 2.18 bits per heavy atom. The standard InChI is InChI=1S/C13H17NO3/c15-13(16)14-8-6-11(10-14)7-9-17-12-4-2-1-3-5-12/h1-5,11H,6-10H2,(H,15,16). The maximum absolute atomic E-state index is 10.7. The molecule has 1 aromatic rings. The number of carboxylic acid groups (broad SMARTS) is 1. The Bertz CT molecular complexity index is 366. The van der Waals surface area contributed by atoms with Gasteiger partial charge in [0, 0.05) is 13.1 Å². The van der Waals surface area contributed by atoms with Crippen molar-refractivity contribution in [1.82, 2.24) is 4.90 Å². The van der Waals surface area contributed by atoms with Crippen molar-refractivity contribution in [3.05, 3.63) is 30.3 Å². The van der Waals surface area contributed by atoms with Crippen LogP contribution in [0.2, 0.25) is 0 Å². The molecule has 1 amide bonds. The molecule has 1 unspecified atom stereocenters. The van der Waals surface area contributed by atoms with Gasteiger partial charge >= 0.3 is 6.09 Å². The minimum atomic E-state index is -0.809. The number of nitrogens with zero attached hydrogens (tertiary/aromatic N) is 1. The normalized spacial score (nSPS) is 19.3. The molecule has 1 aliphatic heterocycles. The third-order valence-corrected chi connectivity index (χ3v) is 3.09. The van der Waals surface area contributed by atoms with Gasteiger partial charge in [0.15, 0.2) is 0 Å². The van der Waals surface area contributed by atoms with Crippen LogP contribution in [0.5, 0.6) is 5.75 Å². The lowest BCUT2D eigenvalue weighted by Crippen LogP contribution is -2.26. The first-order valence-corrected chi connectivity index (χ1v) is 5.91. The van der Waals surface area contributed by atoms with Crippen molar-refractivity contribution >= 4 is 6.09 Å². The van der Waals surface area contributed by atoms with Crippen molar-refractivity contribution in [3.63, 3.8) is 0 Å². The second-order valence-electron chi connectivity index (χ2n) is 4.33. The van der Waals surface area contributed by atoms with Crippen molar-refractivity contribution in [2.24, 2.45) is 5.92 Å². The van der Waals surface area contributed by atoms with E-state index < -0.39 is 6.09 Å². The van der Waals surface area contributed by atoms with Gasteiger partial charge in [0.05, 0.1) is 6.61 Å². The molecule has 1 aromatic carbocycles. The zero-order valence-electron chi connectivity index (χ0n) is 9.71. The van der Waals surface area contributed by atoms with E-state index in [1.165, 1.54) is 4.90 Å². The van der Waals surface area contributed by atoms with Crippen molar-refractivity contribution < 1.29 is 14.6 Å². The molecule has 92 valence electrons. The Kier molecular flexibility index (Phi) is 3.85. The number of rotatable bonds is 4. The molecule has 17 heavy (non-hydrogen) atoms. The van der Waals surface area contributed by atoms with E-state index in [9.17, 15) is 4.79 Å². The first kappa shape index (κ1) is 11.8. The molecule has 2 rings (SSSR count). The van der Waals surface area contributed by atoms with Gasteiger partial charge in [0.2, 0.25) is 0 Å². The van der Waals surface area contributed by atoms with Crippen LogP contribution in [0, 0.1) is 5.92 Å². The Hall–Kier alpha value is -1.71. The van der Waals surface area contributed by atoms with E-state index in [-0.39, 0.29) is 0 Å². The highest BCUT2D eigenvalue weighted by Crippen LogP contribution is 2.20. The highest BCUT2D eigenvalue weighted by atomic mass is 16.5. The molecule has 1 saturated heterocycles. The maximum Gasteiger partial charge on any atom is 0.407 e. The van der Waals surface area contributed by atoms with E-state index in [0.717, 1.165) is 18.6 Å². The fraction of sp³-hybridized carbons (Fsp3) is 0.462. The number of likely N-dealkylation sites (tertiary alicyclic amines) is 1. The van der Waals surface area contributed by atoms with Crippen LogP contribution in [0.25, 0.3) is 0 Å². The van der Waals surface area contributed by atoms with Crippen molar-refractivity contribution in [3.8, 4) is 5.75 Å². The fourth-order valence-corrected chi connectivity index (χ4v) is 2.10. The second-order valence-corrected chi connectivity index (χ2v) is 4.33. The Morgan fingerprint density at radius 3 is 2.82 bits per heavy atom. The first-order valence-electron chi connectivity index (χ1n) is 5.91. The van der Waals surface area contributed by atoms with Crippen LogP contribution in [0.4, 0.5) is 4.79 Å². The third kappa shape index (κ3) is 3.37. The largest absolute Gasteiger partial charge is 0.494 e. The van der Waals surface area contributed by atoms with E-state index in [4.69, 9.17) is 9.84 Å². The summed E-state index contributed by atoms with van der Waals surface area (Å²) in [5.74, 6) is 1.32. The number of carbonyl (C=O) groups is 1. The second kappa shape index (κ2) is 5.57. The molecule has 1 fully saturated rings. The van der Waals surface area contributed by atoms with Gasteiger partial charge < -0.3 is 14.7 Å². The summed E-state index contributed by atoms with van der Waals surface area (Å²) in [6.07, 6.45) is 1.06. The average molecular weight is 235 g/mol. The topological polar surface area (TPSA) is 49.8 Å². The summed E-state index contributed by atoms with van der Waals surface area (Å²) in [4.78, 5) is 12.2. The lowest BCUT2D eigenvalue weighted by molar-refractivity contribution is 0.153. The molecule has 0 spiro atoms. The molecule has 0 bridgehead atoms. The minimum Gasteiger partial charge on any atom is -0.494 e. The lowest BCUT2D eigenvalue weighted by atomic mass is 10.1. The molecular formula is C13H17NO3. The number of para-hydroxylation sites is 1. The first-order chi connectivity index (χ1) is 8.25. The highest BCUT2D eigenvalue weighted by Gasteiger charge is 2.25. The molecule has 0 aliphatic carbocycles. The third-order valence-electron chi connectivity index (χ3n) is 3.09. The molecule has 0 saturated carbocycles. The van der Waals surface area contributed by atoms with Crippen LogP contribution < -0.4 is 4.74 Å². The Morgan fingerprint density at radius 1 is 1.41 bits per heavy atom. The molecular weight excluding hydrogens is 218 g/mol. The van der Waals surface area contributed by atoms with Crippen LogP contribution in [0.1, 0.15) is 12.8 Å². The summed E-state index contributed by atoms with van der Waals surface area (Å²) in [5, 5.41) is 8.83. The Balaban J connectivity index is 1.68. The van der Waals surface area contributed by atoms with Gasteiger partial charge in [0.25, 0.3) is 0 Å². The van der Waals surface area contributed by atoms with Crippen molar-refractivity contribution in [2.75, 3.05) is 19.7 Å². The van der Waals surface area contributed by atoms with Crippen LogP contribution in [-0.2, 0) is 0 Å². The summed E-state index contributed by atoms with van der Waals surface area (Å²) in [6.45, 7) is 1.96. The van der Waals surface area contributed by atoms with E-state index in [2.05, 4.69) is 0 Å². The van der Waals surface area contributed by atoms with Gasteiger partial charge in [-0.2, -0.15) is 0 Å². The average Bonchev–Trinajstić information content (AvgIpc) is 2.79. The SMILES string of the molecule is O=C(O)N1CCC(CCOc2ccccc2)C1. The summed E-state index contributed by atoms with van der Waals surface area (Å²) in [5.41, 5.74) is 0. The van der Waals surface area contributed by atoms with Crippen LogP contribution in [0.3, 0.4) is 0 Å². The molecule has 1 atom stereocenters. The van der Waals surface area contributed by atoms with E-state index in [0.29, 0.717) is 25.6 Å². The molecule has 0 radical (unpaired) electrons. The number of ether oxygens (including phenoxy) is 1. The van der Waals surface area contributed by atoms with Gasteiger partial charge in [-0.1, -0.05) is 18.2 Å². The zero-order chi connectivity index (χ0) is 12.1. The van der Waals surface area contributed by atoms with Gasteiger partial charge in [-0.25, -0.2) is 4.79 Å². The number of amides is 1. The molecule has 0 aromatic heterocycles. The summed E-state index contributed by atoms with van der Waals surface area (Å²) in [6, 6.07) is 9.69. The van der Waals surface area contributed by atoms with Crippen molar-refractivity contribution in [1.29, 1.82) is 0 Å². The summed E-state index contributed by atoms with van der Waals surface area (Å²) < 4.78 is 5.60. The molecule has 4 nitrogen and oxygen atoms in total. The molecule has 1 N–H and O–H groups in total. The van der Waals surface area contributed by atoms with E-state index >= 15 is 0 Å². The maximum atomic E-state index is 10.7. The number of hydrogen-bond acceptors (Lipinski definition) is 2. The Labute approximate surface area is 101 Å². The predicted molar refractivity (Wildman–Crippen MR) is 64.3 cm³/mol. The molecule has 4 heteroatoms. The minimum absolute atomic E-state index is 0.440. The zero-order valence-corrected chi connectivity index (χ0v) is 9.71. The highest BCUT2D eigenvalue weighted by molar-refractivity contribution is 5.65. The van der Waals surface area contributed by atoms with E-state index in [1.54, 1.807) is 0 Å². The van der Waals surface area contributed by atoms with Gasteiger partial charge in [-0.3, -0.25) is 0 Å². The van der Waals surface area contributed by atoms with Crippen LogP contribution >= 0.6 is 0 Å².